The summed E-state index contributed by atoms with van der Waals surface area (Å²) in [7, 11) is 1.57. The Balaban J connectivity index is 2.19. The molecule has 0 atom stereocenters. The molecule has 0 aliphatic rings. The molecule has 0 saturated heterocycles. The molecule has 3 nitrogen and oxygen atoms in total. The van der Waals surface area contributed by atoms with Crippen LogP contribution in [0.25, 0.3) is 0 Å². The van der Waals surface area contributed by atoms with E-state index in [1.165, 1.54) is 12.1 Å². The van der Waals surface area contributed by atoms with Crippen molar-refractivity contribution in [1.29, 1.82) is 0 Å². The minimum absolute atomic E-state index is 0.0742. The minimum Gasteiger partial charge on any atom is -0.493 e. The van der Waals surface area contributed by atoms with E-state index in [0.717, 1.165) is 11.1 Å². The molecule has 2 N–H and O–H groups in total. The monoisotopic (exact) mass is 295 g/mol. The van der Waals surface area contributed by atoms with Crippen molar-refractivity contribution in [2.24, 2.45) is 5.73 Å². The zero-order valence-electron chi connectivity index (χ0n) is 11.0. The van der Waals surface area contributed by atoms with Crippen molar-refractivity contribution in [2.75, 3.05) is 7.11 Å². The first-order valence-electron chi connectivity index (χ1n) is 6.08. The maximum Gasteiger partial charge on any atom is 0.166 e. The van der Waals surface area contributed by atoms with Crippen molar-refractivity contribution >= 4 is 11.6 Å². The molecule has 0 unspecified atom stereocenters. The van der Waals surface area contributed by atoms with Crippen LogP contribution in [-0.2, 0) is 13.2 Å². The molecule has 0 saturated carbocycles. The summed E-state index contributed by atoms with van der Waals surface area (Å²) in [5, 5.41) is 0.0742. The molecule has 2 aromatic carbocycles. The molecule has 0 fully saturated rings. The zero-order valence-corrected chi connectivity index (χ0v) is 11.8. The predicted molar refractivity (Wildman–Crippen MR) is 76.6 cm³/mol. The highest BCUT2D eigenvalue weighted by molar-refractivity contribution is 6.30. The zero-order chi connectivity index (χ0) is 14.5. The molecule has 2 rings (SSSR count). The Labute approximate surface area is 122 Å². The van der Waals surface area contributed by atoms with E-state index in [9.17, 15) is 4.39 Å². The maximum absolute atomic E-state index is 13.1. The Hall–Kier alpha value is -1.78. The van der Waals surface area contributed by atoms with Gasteiger partial charge in [0.05, 0.1) is 12.1 Å². The topological polar surface area (TPSA) is 44.5 Å². The van der Waals surface area contributed by atoms with E-state index >= 15 is 0 Å². The standard InChI is InChI=1S/C15H15ClFNO2/c1-19-14-4-2-3-11(8-18)15(14)20-9-10-5-6-13(17)12(16)7-10/h2-7H,8-9,18H2,1H3. The summed E-state index contributed by atoms with van der Waals surface area (Å²) in [5.74, 6) is 0.759. The SMILES string of the molecule is COc1cccc(CN)c1OCc1ccc(F)c(Cl)c1. The average molecular weight is 296 g/mol. The van der Waals surface area contributed by atoms with Gasteiger partial charge < -0.3 is 15.2 Å². The molecule has 2 aromatic rings. The fourth-order valence-electron chi connectivity index (χ4n) is 1.83. The first-order chi connectivity index (χ1) is 9.65. The van der Waals surface area contributed by atoms with Gasteiger partial charge in [-0.2, -0.15) is 0 Å². The van der Waals surface area contributed by atoms with Crippen LogP contribution in [0.1, 0.15) is 11.1 Å². The third-order valence-electron chi connectivity index (χ3n) is 2.87. The quantitative estimate of drug-likeness (QED) is 0.918. The fourth-order valence-corrected chi connectivity index (χ4v) is 2.03. The largest absolute Gasteiger partial charge is 0.493 e. The molecule has 0 spiro atoms. The van der Waals surface area contributed by atoms with Gasteiger partial charge in [0.2, 0.25) is 0 Å². The number of halogens is 2. The predicted octanol–water partition coefficient (Wildman–Crippen LogP) is 3.53. The van der Waals surface area contributed by atoms with Crippen molar-refractivity contribution in [3.63, 3.8) is 0 Å². The van der Waals surface area contributed by atoms with E-state index in [4.69, 9.17) is 26.8 Å². The van der Waals surface area contributed by atoms with Crippen molar-refractivity contribution < 1.29 is 13.9 Å². The number of nitrogens with two attached hydrogens (primary N) is 1. The molecule has 0 heterocycles. The number of benzene rings is 2. The second-order valence-electron chi connectivity index (χ2n) is 4.19. The Kier molecular flexibility index (Phi) is 4.82. The lowest BCUT2D eigenvalue weighted by molar-refractivity contribution is 0.281. The summed E-state index contributed by atoms with van der Waals surface area (Å²) in [6, 6.07) is 9.99. The molecule has 0 aliphatic heterocycles. The van der Waals surface area contributed by atoms with Gasteiger partial charge in [-0.15, -0.1) is 0 Å². The van der Waals surface area contributed by atoms with Gasteiger partial charge in [-0.25, -0.2) is 4.39 Å². The van der Waals surface area contributed by atoms with Crippen LogP contribution in [0.15, 0.2) is 36.4 Å². The van der Waals surface area contributed by atoms with Crippen LogP contribution >= 0.6 is 11.6 Å². The van der Waals surface area contributed by atoms with Crippen LogP contribution in [0.3, 0.4) is 0 Å². The van der Waals surface area contributed by atoms with Crippen LogP contribution in [-0.4, -0.2) is 7.11 Å². The Morgan fingerprint density at radius 2 is 2.05 bits per heavy atom. The summed E-state index contributed by atoms with van der Waals surface area (Å²) in [5.41, 5.74) is 7.29. The first kappa shape index (κ1) is 14.6. The van der Waals surface area contributed by atoms with Gasteiger partial charge in [-0.1, -0.05) is 29.8 Å². The summed E-state index contributed by atoms with van der Waals surface area (Å²) in [4.78, 5) is 0. The van der Waals surface area contributed by atoms with E-state index in [1.807, 2.05) is 12.1 Å². The Morgan fingerprint density at radius 1 is 1.25 bits per heavy atom. The van der Waals surface area contributed by atoms with Crippen molar-refractivity contribution in [3.8, 4) is 11.5 Å². The van der Waals surface area contributed by atoms with Crippen LogP contribution in [0, 0.1) is 5.82 Å². The van der Waals surface area contributed by atoms with Crippen LogP contribution in [0.5, 0.6) is 11.5 Å². The Bertz CT molecular complexity index is 582. The number of methoxy groups -OCH3 is 1. The smallest absolute Gasteiger partial charge is 0.166 e. The van der Waals surface area contributed by atoms with Gasteiger partial charge in [-0.05, 0) is 23.8 Å². The number of hydrogen-bond donors (Lipinski definition) is 1. The first-order valence-corrected chi connectivity index (χ1v) is 6.46. The summed E-state index contributed by atoms with van der Waals surface area (Å²) in [6.45, 7) is 0.601. The highest BCUT2D eigenvalue weighted by Crippen LogP contribution is 2.31. The van der Waals surface area contributed by atoms with E-state index in [1.54, 1.807) is 19.2 Å². The number of rotatable bonds is 5. The molecular weight excluding hydrogens is 281 g/mol. The van der Waals surface area contributed by atoms with Crippen molar-refractivity contribution in [2.45, 2.75) is 13.2 Å². The normalized spacial score (nSPS) is 10.4. The van der Waals surface area contributed by atoms with E-state index in [2.05, 4.69) is 0 Å². The summed E-state index contributed by atoms with van der Waals surface area (Å²) in [6.07, 6.45) is 0. The molecule has 0 aliphatic carbocycles. The minimum atomic E-state index is -0.449. The Morgan fingerprint density at radius 3 is 2.70 bits per heavy atom. The van der Waals surface area contributed by atoms with Crippen LogP contribution in [0.2, 0.25) is 5.02 Å². The second-order valence-corrected chi connectivity index (χ2v) is 4.60. The molecule has 0 radical (unpaired) electrons. The average Bonchev–Trinajstić information content (AvgIpc) is 2.48. The van der Waals surface area contributed by atoms with Gasteiger partial charge in [0, 0.05) is 12.1 Å². The fraction of sp³-hybridized carbons (Fsp3) is 0.200. The van der Waals surface area contributed by atoms with Crippen molar-refractivity contribution in [3.05, 3.63) is 58.4 Å². The molecule has 0 bridgehead atoms. The van der Waals surface area contributed by atoms with Gasteiger partial charge in [0.15, 0.2) is 11.5 Å². The summed E-state index contributed by atoms with van der Waals surface area (Å²) < 4.78 is 24.1. The third kappa shape index (κ3) is 3.21. The van der Waals surface area contributed by atoms with Gasteiger partial charge >= 0.3 is 0 Å². The molecule has 20 heavy (non-hydrogen) atoms. The highest BCUT2D eigenvalue weighted by Gasteiger charge is 2.10. The summed E-state index contributed by atoms with van der Waals surface area (Å²) >= 11 is 5.74. The molecular formula is C15H15ClFNO2. The number of para-hydroxylation sites is 1. The van der Waals surface area contributed by atoms with Gasteiger partial charge in [-0.3, -0.25) is 0 Å². The highest BCUT2D eigenvalue weighted by atomic mass is 35.5. The molecule has 5 heteroatoms. The molecule has 0 aromatic heterocycles. The molecule has 0 amide bonds. The lowest BCUT2D eigenvalue weighted by atomic mass is 10.2. The third-order valence-corrected chi connectivity index (χ3v) is 3.16. The number of hydrogen-bond acceptors (Lipinski definition) is 3. The molecule has 106 valence electrons. The van der Waals surface area contributed by atoms with Crippen LogP contribution < -0.4 is 15.2 Å². The second kappa shape index (κ2) is 6.59. The van der Waals surface area contributed by atoms with E-state index in [-0.39, 0.29) is 11.6 Å². The van der Waals surface area contributed by atoms with Crippen LogP contribution in [0.4, 0.5) is 4.39 Å². The van der Waals surface area contributed by atoms with E-state index in [0.29, 0.717) is 18.0 Å². The van der Waals surface area contributed by atoms with Gasteiger partial charge in [0.1, 0.15) is 12.4 Å². The number of ether oxygens (including phenoxy) is 2. The van der Waals surface area contributed by atoms with Gasteiger partial charge in [0.25, 0.3) is 0 Å². The lowest BCUT2D eigenvalue weighted by Crippen LogP contribution is -2.04. The van der Waals surface area contributed by atoms with E-state index < -0.39 is 5.82 Å². The van der Waals surface area contributed by atoms with Crippen molar-refractivity contribution in [1.82, 2.24) is 0 Å². The lowest BCUT2D eigenvalue weighted by Gasteiger charge is -2.14. The maximum atomic E-state index is 13.1.